The number of hydrogen-bond acceptors (Lipinski definition) is 11. The van der Waals surface area contributed by atoms with Crippen molar-refractivity contribution in [2.24, 2.45) is 16.1 Å². The number of hydrazone groups is 2. The molecule has 0 bridgehead atoms. The van der Waals surface area contributed by atoms with Gasteiger partial charge in [-0.3, -0.25) is 14.0 Å². The molecule has 0 aromatic heterocycles. The van der Waals surface area contributed by atoms with Gasteiger partial charge >= 0.3 is 21.3 Å². The summed E-state index contributed by atoms with van der Waals surface area (Å²) in [5, 5.41) is 9.15. The van der Waals surface area contributed by atoms with Crippen LogP contribution in [0, 0.1) is 5.92 Å². The van der Waals surface area contributed by atoms with Gasteiger partial charge in [-0.1, -0.05) is 82.1 Å². The van der Waals surface area contributed by atoms with Crippen LogP contribution in [0.1, 0.15) is 94.5 Å². The normalized spacial score (nSPS) is 16.2. The summed E-state index contributed by atoms with van der Waals surface area (Å²) in [6.45, 7) is 11.1. The topological polar surface area (TPSA) is 106 Å². The van der Waals surface area contributed by atoms with Gasteiger partial charge in [-0.05, 0) is 73.6 Å². The van der Waals surface area contributed by atoms with Crippen LogP contribution >= 0.6 is 28.7 Å². The van der Waals surface area contributed by atoms with Crippen LogP contribution in [0.3, 0.4) is 0 Å². The second-order valence-electron chi connectivity index (χ2n) is 16.1. The molecule has 3 rings (SSSR count). The fraction of sp³-hybridized carbons (Fsp3) is 0.545. The van der Waals surface area contributed by atoms with Gasteiger partial charge in [0.25, 0.3) is 0 Å². The van der Waals surface area contributed by atoms with Crippen LogP contribution in [-0.2, 0) is 63.0 Å². The maximum absolute atomic E-state index is 13.0. The Morgan fingerprint density at radius 2 is 1.21 bits per heavy atom. The Morgan fingerprint density at radius 3 is 1.66 bits per heavy atom. The van der Waals surface area contributed by atoms with E-state index >= 15 is 0 Å². The second kappa shape index (κ2) is 24.7. The van der Waals surface area contributed by atoms with E-state index in [4.69, 9.17) is 52.1 Å². The third-order valence-electron chi connectivity index (χ3n) is 11.4. The molecule has 0 aliphatic rings. The van der Waals surface area contributed by atoms with Crippen molar-refractivity contribution in [3.05, 3.63) is 101 Å². The molecule has 0 radical (unpaired) electrons. The molecule has 6 unspecified atom stereocenters. The third kappa shape index (κ3) is 15.5. The van der Waals surface area contributed by atoms with E-state index in [0.717, 1.165) is 54.5 Å². The van der Waals surface area contributed by atoms with Crippen molar-refractivity contribution in [3.63, 3.8) is 0 Å². The van der Waals surface area contributed by atoms with Crippen molar-refractivity contribution in [1.29, 1.82) is 0 Å². The molecule has 0 aliphatic heterocycles. The summed E-state index contributed by atoms with van der Waals surface area (Å²) in [4.78, 5) is 1.83. The van der Waals surface area contributed by atoms with Crippen LogP contribution < -0.4 is 4.74 Å². The molecule has 0 fully saturated rings. The highest BCUT2D eigenvalue weighted by Gasteiger charge is 2.46. The van der Waals surface area contributed by atoms with Gasteiger partial charge in [0.1, 0.15) is 12.0 Å². The third-order valence-corrected chi connectivity index (χ3v) is 22.7. The van der Waals surface area contributed by atoms with Crippen molar-refractivity contribution >= 4 is 64.7 Å². The summed E-state index contributed by atoms with van der Waals surface area (Å²) in [7, 11) is 3.49. The van der Waals surface area contributed by atoms with E-state index in [-0.39, 0.29) is 22.9 Å². The van der Waals surface area contributed by atoms with Crippen LogP contribution in [0.5, 0.6) is 5.75 Å². The molecular weight excluding hydrogens is 883 g/mol. The largest absolute Gasteiger partial charge is 0.497 e. The smallest absolute Gasteiger partial charge is 0.344 e. The fourth-order valence-corrected chi connectivity index (χ4v) is 13.8. The zero-order valence-electron chi connectivity index (χ0n) is 38.3. The van der Waals surface area contributed by atoms with Gasteiger partial charge in [-0.15, -0.1) is 19.8 Å². The van der Waals surface area contributed by atoms with Gasteiger partial charge in [0.2, 0.25) is 7.37 Å². The van der Waals surface area contributed by atoms with Gasteiger partial charge in [-0.2, -0.15) is 0 Å². The Bertz CT molecular complexity index is 2020. The van der Waals surface area contributed by atoms with E-state index in [1.807, 2.05) is 65.2 Å². The average Bonchev–Trinajstić information content (AvgIpc) is 3.27. The summed E-state index contributed by atoms with van der Waals surface area (Å²) < 4.78 is 50.7. The highest BCUT2D eigenvalue weighted by molar-refractivity contribution is 8.04. The van der Waals surface area contributed by atoms with Gasteiger partial charge in [0.05, 0.1) is 39.9 Å². The molecule has 0 spiro atoms. The zero-order chi connectivity index (χ0) is 45.4. The first-order valence-electron chi connectivity index (χ1n) is 20.7. The minimum absolute atomic E-state index is 0.0123. The Hall–Kier alpha value is -2.26. The highest BCUT2D eigenvalue weighted by atomic mass is 32.4. The van der Waals surface area contributed by atoms with E-state index in [9.17, 15) is 9.13 Å². The summed E-state index contributed by atoms with van der Waals surface area (Å²) in [5.41, 5.74) is 5.44. The van der Waals surface area contributed by atoms with Gasteiger partial charge in [0.15, 0.2) is 33.9 Å². The Labute approximate surface area is 379 Å². The van der Waals surface area contributed by atoms with Gasteiger partial charge < -0.3 is 18.3 Å². The first kappa shape index (κ1) is 53.1. The van der Waals surface area contributed by atoms with Crippen molar-refractivity contribution in [2.45, 2.75) is 83.5 Å². The Balaban J connectivity index is 1.78. The van der Waals surface area contributed by atoms with Crippen LogP contribution in [0.2, 0.25) is 0 Å². The molecule has 0 N–H and O–H groups in total. The van der Waals surface area contributed by atoms with Crippen molar-refractivity contribution < 1.29 is 27.4 Å². The minimum Gasteiger partial charge on any atom is -0.497 e. The number of methoxy groups -OCH3 is 1. The number of nitrogens with zero attached hydrogens (tertiary/aromatic N) is 5. The molecule has 0 saturated carbocycles. The molecule has 6 atom stereocenters. The monoisotopic (exact) mass is 951 g/mol. The van der Waals surface area contributed by atoms with Crippen molar-refractivity contribution in [1.82, 2.24) is 14.5 Å². The molecule has 0 amide bonds. The minimum atomic E-state index is -3.36. The predicted octanol–water partition coefficient (Wildman–Crippen LogP) is 12.2. The van der Waals surface area contributed by atoms with E-state index in [1.54, 1.807) is 13.8 Å². The zero-order valence-corrected chi connectivity index (χ0v) is 43.5. The molecule has 0 heterocycles. The lowest BCUT2D eigenvalue weighted by Crippen LogP contribution is -2.29. The summed E-state index contributed by atoms with van der Waals surface area (Å²) in [6.07, 6.45) is 9.62. The summed E-state index contributed by atoms with van der Waals surface area (Å²) >= 11 is 12.6. The average molecular weight is 952 g/mol. The molecule has 336 valence electrons. The lowest BCUT2D eigenvalue weighted by molar-refractivity contribution is 0.242. The summed E-state index contributed by atoms with van der Waals surface area (Å²) in [6, 6.07) is 25.1. The SMILES string of the molecule is CCCC(C)(c1ccc(CCN(CP(C)(=O)OC)CP(=O)(OC)OC)cc1)[P+](=S)N(C)N=Cc1ccc(C(C)(CCC(C)CC)[P+](=S)N(C)N=Cc2ccc(OC)cc2)cc1. The van der Waals surface area contributed by atoms with Crippen LogP contribution in [-0.4, -0.2) is 95.2 Å². The van der Waals surface area contributed by atoms with E-state index in [2.05, 4.69) is 83.1 Å². The number of ether oxygens (including phenoxy) is 1. The van der Waals surface area contributed by atoms with E-state index in [1.165, 1.54) is 32.5 Å². The van der Waals surface area contributed by atoms with E-state index in [0.29, 0.717) is 18.9 Å². The van der Waals surface area contributed by atoms with E-state index < -0.39 is 28.7 Å². The molecule has 61 heavy (non-hydrogen) atoms. The lowest BCUT2D eigenvalue weighted by Gasteiger charge is -2.27. The van der Waals surface area contributed by atoms with Gasteiger partial charge in [0, 0.05) is 58.5 Å². The molecular formula is C44H69N5O6P4S2+2. The molecule has 11 nitrogen and oxygen atoms in total. The molecule has 17 heteroatoms. The van der Waals surface area contributed by atoms with Crippen molar-refractivity contribution in [3.8, 4) is 5.75 Å². The van der Waals surface area contributed by atoms with Crippen LogP contribution in [0.15, 0.2) is 83.0 Å². The first-order chi connectivity index (χ1) is 28.8. The molecule has 3 aromatic rings. The quantitative estimate of drug-likeness (QED) is 0.0414. The Morgan fingerprint density at radius 1 is 0.738 bits per heavy atom. The molecule has 0 saturated heterocycles. The van der Waals surface area contributed by atoms with Crippen LogP contribution in [0.25, 0.3) is 0 Å². The maximum Gasteiger partial charge on any atom is 0.344 e. The number of benzene rings is 3. The second-order valence-corrected chi connectivity index (χ2v) is 27.3. The number of hydrogen-bond donors (Lipinski definition) is 0. The summed E-state index contributed by atoms with van der Waals surface area (Å²) in [5.74, 6) is 1.41. The van der Waals surface area contributed by atoms with Crippen LogP contribution in [0.4, 0.5) is 0 Å². The highest BCUT2D eigenvalue weighted by Crippen LogP contribution is 2.54. The fourth-order valence-electron chi connectivity index (χ4n) is 6.93. The lowest BCUT2D eigenvalue weighted by atomic mass is 9.90. The first-order valence-corrected chi connectivity index (χ1v) is 29.3. The Kier molecular flexibility index (Phi) is 21.5. The van der Waals surface area contributed by atoms with Gasteiger partial charge in [-0.25, -0.2) is 0 Å². The molecule has 0 aliphatic carbocycles. The van der Waals surface area contributed by atoms with Crippen molar-refractivity contribution in [2.75, 3.05) is 68.3 Å². The molecule has 3 aromatic carbocycles. The maximum atomic E-state index is 13.0. The standard InChI is InChI=1S/C44H69N5O6P4S2/c1-13-29-43(4,40-21-15-37(16-22-40)28-31-49(34-58(12,50)53-9)35-59(51,54-10)55-11)56(60)47(6)45-32-38-17-23-41(24-18-38)44(5,30-27-36(3)14-2)57(61)48(7)46-33-39-19-25-42(52-8)26-20-39/h15-26,32-33,36H,13-14,27-31,34-35H2,1-12H3/q+2. The number of rotatable bonds is 27. The predicted molar refractivity (Wildman–Crippen MR) is 266 cm³/mol.